The highest BCUT2D eigenvalue weighted by Gasteiger charge is 2.18. The molecular weight excluding hydrogens is 323 g/mol. The molecule has 0 aliphatic carbocycles. The van der Waals surface area contributed by atoms with E-state index in [9.17, 15) is 4.39 Å². The van der Waals surface area contributed by atoms with Crippen LogP contribution in [0.15, 0.2) is 48.5 Å². The van der Waals surface area contributed by atoms with Gasteiger partial charge in [0.15, 0.2) is 0 Å². The number of hydrogen-bond acceptors (Lipinski definition) is 4. The van der Waals surface area contributed by atoms with Crippen molar-refractivity contribution in [2.75, 3.05) is 37.9 Å². The Kier molecular flexibility index (Phi) is 7.56. The highest BCUT2D eigenvalue weighted by molar-refractivity contribution is 7.99. The molecule has 2 rings (SSSR count). The van der Waals surface area contributed by atoms with Crippen molar-refractivity contribution in [1.29, 1.82) is 0 Å². The SMILES string of the molecule is COCCCNC(c1ccc(F)cc1)c1ccccc1N(C)SC. The fraction of sp³-hybridized carbons (Fsp3) is 0.368. The first kappa shape index (κ1) is 18.8. The molecule has 1 unspecified atom stereocenters. The summed E-state index contributed by atoms with van der Waals surface area (Å²) in [6.07, 6.45) is 2.98. The van der Waals surface area contributed by atoms with Crippen LogP contribution in [0.1, 0.15) is 23.6 Å². The van der Waals surface area contributed by atoms with Crippen molar-refractivity contribution in [3.05, 3.63) is 65.5 Å². The molecule has 0 aliphatic heterocycles. The van der Waals surface area contributed by atoms with E-state index in [1.54, 1.807) is 19.1 Å². The zero-order chi connectivity index (χ0) is 17.4. The van der Waals surface area contributed by atoms with E-state index in [1.807, 2.05) is 24.3 Å². The van der Waals surface area contributed by atoms with Gasteiger partial charge in [0.2, 0.25) is 0 Å². The van der Waals surface area contributed by atoms with Crippen molar-refractivity contribution in [1.82, 2.24) is 5.32 Å². The lowest BCUT2D eigenvalue weighted by atomic mass is 9.97. The number of hydrogen-bond donors (Lipinski definition) is 1. The zero-order valence-electron chi connectivity index (χ0n) is 14.5. The largest absolute Gasteiger partial charge is 0.385 e. The maximum atomic E-state index is 13.3. The molecule has 0 saturated carbocycles. The van der Waals surface area contributed by atoms with Crippen molar-refractivity contribution in [3.63, 3.8) is 0 Å². The van der Waals surface area contributed by atoms with Crippen LogP contribution in [0.2, 0.25) is 0 Å². The van der Waals surface area contributed by atoms with E-state index < -0.39 is 0 Å². The fourth-order valence-corrected chi connectivity index (χ4v) is 3.01. The first-order valence-corrected chi connectivity index (χ1v) is 9.20. The molecule has 0 radical (unpaired) electrons. The summed E-state index contributed by atoms with van der Waals surface area (Å²) in [7, 11) is 3.76. The lowest BCUT2D eigenvalue weighted by Gasteiger charge is -2.26. The average molecular weight is 348 g/mol. The predicted molar refractivity (Wildman–Crippen MR) is 101 cm³/mol. The third-order valence-corrected chi connectivity index (χ3v) is 4.68. The molecule has 24 heavy (non-hydrogen) atoms. The van der Waals surface area contributed by atoms with Crippen LogP contribution in [0.3, 0.4) is 0 Å². The van der Waals surface area contributed by atoms with Crippen LogP contribution in [0.25, 0.3) is 0 Å². The van der Waals surface area contributed by atoms with Crippen molar-refractivity contribution >= 4 is 17.6 Å². The minimum absolute atomic E-state index is 0.00764. The molecule has 0 heterocycles. The zero-order valence-corrected chi connectivity index (χ0v) is 15.3. The normalized spacial score (nSPS) is 12.2. The average Bonchev–Trinajstić information content (AvgIpc) is 2.62. The summed E-state index contributed by atoms with van der Waals surface area (Å²) in [5.41, 5.74) is 3.38. The van der Waals surface area contributed by atoms with Gasteiger partial charge in [0, 0.05) is 27.0 Å². The van der Waals surface area contributed by atoms with E-state index in [4.69, 9.17) is 4.74 Å². The maximum Gasteiger partial charge on any atom is 0.123 e. The van der Waals surface area contributed by atoms with Crippen molar-refractivity contribution in [3.8, 4) is 0 Å². The smallest absolute Gasteiger partial charge is 0.123 e. The molecule has 0 saturated heterocycles. The van der Waals surface area contributed by atoms with Gasteiger partial charge in [0.1, 0.15) is 5.82 Å². The minimum atomic E-state index is -0.216. The lowest BCUT2D eigenvalue weighted by Crippen LogP contribution is -2.26. The Morgan fingerprint density at radius 2 is 1.88 bits per heavy atom. The number of halogens is 1. The maximum absolute atomic E-state index is 13.3. The lowest BCUT2D eigenvalue weighted by molar-refractivity contribution is 0.193. The van der Waals surface area contributed by atoms with Crippen LogP contribution in [-0.2, 0) is 4.74 Å². The van der Waals surface area contributed by atoms with Gasteiger partial charge in [-0.25, -0.2) is 4.39 Å². The first-order valence-electron chi connectivity index (χ1n) is 8.02. The van der Waals surface area contributed by atoms with Crippen LogP contribution in [0, 0.1) is 5.82 Å². The molecule has 0 bridgehead atoms. The quantitative estimate of drug-likeness (QED) is 0.541. The second kappa shape index (κ2) is 9.67. The molecule has 0 fully saturated rings. The Balaban J connectivity index is 2.33. The van der Waals surface area contributed by atoms with E-state index in [1.165, 1.54) is 17.7 Å². The summed E-state index contributed by atoms with van der Waals surface area (Å²) < 4.78 is 20.6. The molecule has 1 N–H and O–H groups in total. The minimum Gasteiger partial charge on any atom is -0.385 e. The number of benzene rings is 2. The Morgan fingerprint density at radius 3 is 2.54 bits per heavy atom. The molecule has 2 aromatic carbocycles. The highest BCUT2D eigenvalue weighted by Crippen LogP contribution is 2.32. The molecule has 2 aromatic rings. The van der Waals surface area contributed by atoms with E-state index >= 15 is 0 Å². The Morgan fingerprint density at radius 1 is 1.17 bits per heavy atom. The number of nitrogens with one attached hydrogen (secondary N) is 1. The van der Waals surface area contributed by atoms with Gasteiger partial charge in [-0.1, -0.05) is 42.3 Å². The van der Waals surface area contributed by atoms with Crippen LogP contribution >= 0.6 is 11.9 Å². The molecule has 5 heteroatoms. The second-order valence-corrected chi connectivity index (χ2v) is 6.44. The topological polar surface area (TPSA) is 24.5 Å². The van der Waals surface area contributed by atoms with Crippen LogP contribution in [0.5, 0.6) is 0 Å². The summed E-state index contributed by atoms with van der Waals surface area (Å²) in [5.74, 6) is -0.216. The van der Waals surface area contributed by atoms with Gasteiger partial charge in [-0.2, -0.15) is 0 Å². The summed E-state index contributed by atoms with van der Waals surface area (Å²) in [5, 5.41) is 3.59. The van der Waals surface area contributed by atoms with E-state index in [2.05, 4.69) is 35.1 Å². The third kappa shape index (κ3) is 4.97. The van der Waals surface area contributed by atoms with Crippen molar-refractivity contribution < 1.29 is 9.13 Å². The van der Waals surface area contributed by atoms with Crippen molar-refractivity contribution in [2.45, 2.75) is 12.5 Å². The van der Waals surface area contributed by atoms with Gasteiger partial charge >= 0.3 is 0 Å². The van der Waals surface area contributed by atoms with E-state index in [0.717, 1.165) is 30.8 Å². The second-order valence-electron chi connectivity index (χ2n) is 5.52. The van der Waals surface area contributed by atoms with Gasteiger partial charge in [0.25, 0.3) is 0 Å². The number of anilines is 1. The third-order valence-electron chi connectivity index (χ3n) is 3.94. The number of nitrogens with zero attached hydrogens (tertiary/aromatic N) is 1. The number of methoxy groups -OCH3 is 1. The van der Waals surface area contributed by atoms with Gasteiger partial charge in [-0.15, -0.1) is 0 Å². The monoisotopic (exact) mass is 348 g/mol. The molecule has 3 nitrogen and oxygen atoms in total. The summed E-state index contributed by atoms with van der Waals surface area (Å²) >= 11 is 1.66. The standard InChI is InChI=1S/C19H25FN2OS/c1-22(24-3)18-8-5-4-7-17(18)19(21-13-6-14-23-2)15-9-11-16(20)12-10-15/h4-5,7-12,19,21H,6,13-14H2,1-3H3. The van der Waals surface area contributed by atoms with Gasteiger partial charge in [0.05, 0.1) is 11.7 Å². The highest BCUT2D eigenvalue weighted by atomic mass is 32.2. The first-order chi connectivity index (χ1) is 11.7. The summed E-state index contributed by atoms with van der Waals surface area (Å²) in [4.78, 5) is 0. The molecule has 130 valence electrons. The van der Waals surface area contributed by atoms with E-state index in [0.29, 0.717) is 0 Å². The predicted octanol–water partition coefficient (Wildman–Crippen LogP) is 4.26. The molecule has 0 amide bonds. The number of rotatable bonds is 9. The van der Waals surface area contributed by atoms with E-state index in [-0.39, 0.29) is 11.9 Å². The van der Waals surface area contributed by atoms with Crippen LogP contribution in [-0.4, -0.2) is 33.6 Å². The number of ether oxygens (including phenoxy) is 1. The molecule has 1 atom stereocenters. The van der Waals surface area contributed by atoms with Crippen molar-refractivity contribution in [2.24, 2.45) is 0 Å². The van der Waals surface area contributed by atoms with Gasteiger partial charge in [-0.3, -0.25) is 0 Å². The summed E-state index contributed by atoms with van der Waals surface area (Å²) in [6.45, 7) is 1.54. The molecule has 0 aromatic heterocycles. The molecule has 0 spiro atoms. The van der Waals surface area contributed by atoms with Crippen LogP contribution in [0.4, 0.5) is 10.1 Å². The Labute approximate surface area is 148 Å². The Bertz CT molecular complexity index is 621. The van der Waals surface area contributed by atoms with Gasteiger partial charge in [-0.05, 0) is 42.3 Å². The molecular formula is C19H25FN2OS. The number of para-hydroxylation sites is 1. The Hall–Kier alpha value is -1.56. The summed E-state index contributed by atoms with van der Waals surface area (Å²) in [6, 6.07) is 15.0. The fourth-order valence-electron chi connectivity index (χ4n) is 2.64. The van der Waals surface area contributed by atoms with Crippen LogP contribution < -0.4 is 9.62 Å². The van der Waals surface area contributed by atoms with Gasteiger partial charge < -0.3 is 14.4 Å². The molecule has 0 aliphatic rings.